The van der Waals surface area contributed by atoms with E-state index in [4.69, 9.17) is 4.74 Å². The number of halogens is 3. The predicted molar refractivity (Wildman–Crippen MR) is 98.1 cm³/mol. The maximum absolute atomic E-state index is 12.7. The van der Waals surface area contributed by atoms with Crippen molar-refractivity contribution in [3.63, 3.8) is 0 Å². The number of benzene rings is 2. The Balaban J connectivity index is 1.84. The normalized spacial score (nSPS) is 11.0. The molecule has 0 aliphatic rings. The first-order chi connectivity index (χ1) is 13.7. The van der Waals surface area contributed by atoms with Crippen molar-refractivity contribution in [1.82, 2.24) is 5.32 Å². The summed E-state index contributed by atoms with van der Waals surface area (Å²) in [5.41, 5.74) is -1.13. The zero-order valence-corrected chi connectivity index (χ0v) is 15.6. The molecule has 1 amide bonds. The SMILES string of the molecule is O=C(CSc1ccc(C(F)(F)F)cc1[N+](=O)[O-])NCC(=O)OCc1ccccc1. The number of alkyl halides is 3. The third-order valence-electron chi connectivity index (χ3n) is 3.51. The summed E-state index contributed by atoms with van der Waals surface area (Å²) >= 11 is 0.692. The molecule has 2 rings (SSSR count). The zero-order valence-electron chi connectivity index (χ0n) is 14.8. The summed E-state index contributed by atoms with van der Waals surface area (Å²) in [5, 5.41) is 13.3. The predicted octanol–water partition coefficient (Wildman–Crippen LogP) is 3.57. The highest BCUT2D eigenvalue weighted by molar-refractivity contribution is 8.00. The highest BCUT2D eigenvalue weighted by atomic mass is 32.2. The van der Waals surface area contributed by atoms with E-state index in [1.165, 1.54) is 0 Å². The Bertz CT molecular complexity index is 891. The van der Waals surface area contributed by atoms with Crippen LogP contribution in [0.5, 0.6) is 0 Å². The van der Waals surface area contributed by atoms with E-state index in [0.29, 0.717) is 23.9 Å². The van der Waals surface area contributed by atoms with E-state index in [2.05, 4.69) is 5.32 Å². The van der Waals surface area contributed by atoms with Crippen LogP contribution in [-0.4, -0.2) is 29.1 Å². The van der Waals surface area contributed by atoms with Crippen molar-refractivity contribution >= 4 is 29.3 Å². The van der Waals surface area contributed by atoms with Crippen molar-refractivity contribution in [3.8, 4) is 0 Å². The maximum Gasteiger partial charge on any atom is 0.416 e. The number of hydrogen-bond acceptors (Lipinski definition) is 6. The average Bonchev–Trinajstić information content (AvgIpc) is 2.69. The van der Waals surface area contributed by atoms with Crippen LogP contribution in [0.15, 0.2) is 53.4 Å². The van der Waals surface area contributed by atoms with E-state index in [9.17, 15) is 32.9 Å². The van der Waals surface area contributed by atoms with Gasteiger partial charge in [-0.25, -0.2) is 0 Å². The molecule has 0 saturated carbocycles. The summed E-state index contributed by atoms with van der Waals surface area (Å²) in [6.07, 6.45) is -4.72. The van der Waals surface area contributed by atoms with Crippen molar-refractivity contribution in [1.29, 1.82) is 0 Å². The van der Waals surface area contributed by atoms with Gasteiger partial charge in [0.25, 0.3) is 5.69 Å². The summed E-state index contributed by atoms with van der Waals surface area (Å²) in [6.45, 7) is -0.358. The largest absolute Gasteiger partial charge is 0.460 e. The molecular weight excluding hydrogens is 413 g/mol. The molecule has 1 N–H and O–H groups in total. The van der Waals surface area contributed by atoms with Crippen molar-refractivity contribution in [2.75, 3.05) is 12.3 Å². The zero-order chi connectivity index (χ0) is 21.4. The van der Waals surface area contributed by atoms with Crippen molar-refractivity contribution in [2.24, 2.45) is 0 Å². The maximum atomic E-state index is 12.7. The molecule has 11 heteroatoms. The molecule has 0 aliphatic heterocycles. The van der Waals surface area contributed by atoms with Crippen molar-refractivity contribution in [3.05, 3.63) is 69.8 Å². The van der Waals surface area contributed by atoms with Gasteiger partial charge in [-0.15, -0.1) is 11.8 Å². The fraction of sp³-hybridized carbons (Fsp3) is 0.222. The first-order valence-corrected chi connectivity index (χ1v) is 9.10. The smallest absolute Gasteiger partial charge is 0.416 e. The van der Waals surface area contributed by atoms with E-state index in [1.807, 2.05) is 6.07 Å². The van der Waals surface area contributed by atoms with Crippen LogP contribution in [0.25, 0.3) is 0 Å². The summed E-state index contributed by atoms with van der Waals surface area (Å²) < 4.78 is 43.0. The van der Waals surface area contributed by atoms with E-state index < -0.39 is 40.8 Å². The minimum atomic E-state index is -4.72. The number of nitro benzene ring substituents is 1. The molecule has 0 aliphatic carbocycles. The van der Waals surface area contributed by atoms with Gasteiger partial charge in [0.05, 0.1) is 21.1 Å². The van der Waals surface area contributed by atoms with Crippen LogP contribution in [0, 0.1) is 10.1 Å². The minimum absolute atomic E-state index is 0.0437. The van der Waals surface area contributed by atoms with Crippen LogP contribution >= 0.6 is 11.8 Å². The number of ether oxygens (including phenoxy) is 1. The Morgan fingerprint density at radius 3 is 2.45 bits per heavy atom. The molecule has 0 unspecified atom stereocenters. The average molecular weight is 428 g/mol. The van der Waals surface area contributed by atoms with Crippen LogP contribution in [0.3, 0.4) is 0 Å². The molecule has 0 bridgehead atoms. The lowest BCUT2D eigenvalue weighted by Crippen LogP contribution is -2.31. The Kier molecular flexibility index (Phi) is 7.59. The standard InChI is InChI=1S/C18H15F3N2O5S/c19-18(20,21)13-6-7-15(14(8-13)23(26)27)29-11-16(24)22-9-17(25)28-10-12-4-2-1-3-5-12/h1-8H,9-11H2,(H,22,24). The lowest BCUT2D eigenvalue weighted by molar-refractivity contribution is -0.388. The molecule has 0 radical (unpaired) electrons. The molecule has 154 valence electrons. The van der Waals surface area contributed by atoms with Gasteiger partial charge in [0.15, 0.2) is 0 Å². The fourth-order valence-electron chi connectivity index (χ4n) is 2.11. The molecule has 2 aromatic carbocycles. The number of nitrogens with one attached hydrogen (secondary N) is 1. The summed E-state index contributed by atoms with van der Waals surface area (Å²) in [5.74, 6) is -1.62. The second-order valence-electron chi connectivity index (χ2n) is 5.65. The van der Waals surface area contributed by atoms with Crippen LogP contribution in [0.2, 0.25) is 0 Å². The van der Waals surface area contributed by atoms with E-state index in [0.717, 1.165) is 11.6 Å². The molecule has 2 aromatic rings. The Hall–Kier alpha value is -3.08. The molecule has 0 spiro atoms. The Labute approximate surface area is 167 Å². The van der Waals surface area contributed by atoms with Crippen LogP contribution in [-0.2, 0) is 27.1 Å². The van der Waals surface area contributed by atoms with Crippen molar-refractivity contribution < 1.29 is 32.4 Å². The highest BCUT2D eigenvalue weighted by Crippen LogP contribution is 2.36. The van der Waals surface area contributed by atoms with E-state index in [-0.39, 0.29) is 17.3 Å². The summed E-state index contributed by atoms with van der Waals surface area (Å²) in [7, 11) is 0. The second kappa shape index (κ2) is 9.92. The number of thioether (sulfide) groups is 1. The lowest BCUT2D eigenvalue weighted by atomic mass is 10.2. The first-order valence-electron chi connectivity index (χ1n) is 8.11. The van der Waals surface area contributed by atoms with Gasteiger partial charge < -0.3 is 10.1 Å². The molecule has 29 heavy (non-hydrogen) atoms. The Morgan fingerprint density at radius 2 is 1.83 bits per heavy atom. The quantitative estimate of drug-likeness (QED) is 0.299. The van der Waals surface area contributed by atoms with E-state index in [1.54, 1.807) is 24.3 Å². The molecule has 0 heterocycles. The number of nitro groups is 1. The summed E-state index contributed by atoms with van der Waals surface area (Å²) in [4.78, 5) is 33.4. The molecule has 0 fully saturated rings. The first kappa shape index (κ1) is 22.2. The fourth-order valence-corrected chi connectivity index (χ4v) is 2.95. The number of esters is 1. The monoisotopic (exact) mass is 428 g/mol. The lowest BCUT2D eigenvalue weighted by Gasteiger charge is -2.09. The number of amides is 1. The van der Waals surface area contributed by atoms with Gasteiger partial charge in [-0.2, -0.15) is 13.2 Å². The van der Waals surface area contributed by atoms with E-state index >= 15 is 0 Å². The van der Waals surface area contributed by atoms with Crippen LogP contribution < -0.4 is 5.32 Å². The second-order valence-corrected chi connectivity index (χ2v) is 6.67. The molecule has 0 atom stereocenters. The van der Waals surface area contributed by atoms with Gasteiger partial charge in [-0.3, -0.25) is 19.7 Å². The number of nitrogens with zero attached hydrogens (tertiary/aromatic N) is 1. The molecular formula is C18H15F3N2O5S. The Morgan fingerprint density at radius 1 is 1.14 bits per heavy atom. The van der Waals surface area contributed by atoms with Crippen molar-refractivity contribution in [2.45, 2.75) is 17.7 Å². The van der Waals surface area contributed by atoms with Gasteiger partial charge in [-0.05, 0) is 17.7 Å². The van der Waals surface area contributed by atoms with Gasteiger partial charge in [0.1, 0.15) is 13.2 Å². The summed E-state index contributed by atoms with van der Waals surface area (Å²) in [6, 6.07) is 11.0. The van der Waals surface area contributed by atoms with Gasteiger partial charge in [0.2, 0.25) is 5.91 Å². The molecule has 0 saturated heterocycles. The van der Waals surface area contributed by atoms with Crippen LogP contribution in [0.4, 0.5) is 18.9 Å². The number of carbonyl (C=O) groups excluding carboxylic acids is 2. The topological polar surface area (TPSA) is 98.5 Å². The third kappa shape index (κ3) is 7.11. The number of hydrogen-bond donors (Lipinski definition) is 1. The van der Waals surface area contributed by atoms with Crippen LogP contribution in [0.1, 0.15) is 11.1 Å². The highest BCUT2D eigenvalue weighted by Gasteiger charge is 2.33. The molecule has 0 aromatic heterocycles. The number of carbonyl (C=O) groups is 2. The third-order valence-corrected chi connectivity index (χ3v) is 4.58. The van der Waals surface area contributed by atoms with Gasteiger partial charge in [-0.1, -0.05) is 30.3 Å². The van der Waals surface area contributed by atoms with Gasteiger partial charge >= 0.3 is 12.1 Å². The molecule has 7 nitrogen and oxygen atoms in total. The number of rotatable bonds is 8. The van der Waals surface area contributed by atoms with Gasteiger partial charge in [0, 0.05) is 6.07 Å². The minimum Gasteiger partial charge on any atom is -0.460 e.